The molecule has 1 saturated carbocycles. The molecule has 1 saturated heterocycles. The molecule has 1 aliphatic carbocycles. The molecule has 2 aliphatic rings. The molecule has 0 bridgehead atoms. The summed E-state index contributed by atoms with van der Waals surface area (Å²) in [5.41, 5.74) is 1.74. The summed E-state index contributed by atoms with van der Waals surface area (Å²) in [6, 6.07) is 3.58. The van der Waals surface area contributed by atoms with Gasteiger partial charge < -0.3 is 14.7 Å². The molecule has 1 spiro atoms. The molecular formula is C20H27N5O3. The van der Waals surface area contributed by atoms with Crippen molar-refractivity contribution in [2.24, 2.45) is 12.5 Å². The van der Waals surface area contributed by atoms with Crippen molar-refractivity contribution >= 4 is 11.8 Å². The molecule has 2 unspecified atom stereocenters. The van der Waals surface area contributed by atoms with Crippen molar-refractivity contribution in [1.82, 2.24) is 19.7 Å². The number of nitrogens with one attached hydrogen (secondary N) is 1. The molecule has 8 nitrogen and oxygen atoms in total. The van der Waals surface area contributed by atoms with Crippen LogP contribution in [0.1, 0.15) is 26.2 Å². The lowest BCUT2D eigenvalue weighted by Crippen LogP contribution is -2.63. The fraction of sp³-hybridized carbons (Fsp3) is 0.550. The lowest BCUT2D eigenvalue weighted by Gasteiger charge is -2.56. The molecule has 0 radical (unpaired) electrons. The minimum absolute atomic E-state index is 0.107. The van der Waals surface area contributed by atoms with E-state index in [0.29, 0.717) is 31.9 Å². The van der Waals surface area contributed by atoms with Gasteiger partial charge in [0.25, 0.3) is 0 Å². The molecular weight excluding hydrogens is 358 g/mol. The fourth-order valence-electron chi connectivity index (χ4n) is 4.38. The van der Waals surface area contributed by atoms with Gasteiger partial charge in [0.1, 0.15) is 5.82 Å². The van der Waals surface area contributed by atoms with Crippen molar-refractivity contribution in [3.05, 3.63) is 30.7 Å². The van der Waals surface area contributed by atoms with Crippen molar-refractivity contribution in [2.45, 2.75) is 38.4 Å². The Morgan fingerprint density at radius 3 is 2.82 bits per heavy atom. The first-order chi connectivity index (χ1) is 13.5. The number of ether oxygens (including phenoxy) is 1. The van der Waals surface area contributed by atoms with Crippen LogP contribution in [0.2, 0.25) is 0 Å². The number of aliphatic hydroxyl groups excluding tert-OH is 1. The summed E-state index contributed by atoms with van der Waals surface area (Å²) in [5.74, 6) is 0.516. The Morgan fingerprint density at radius 1 is 1.39 bits per heavy atom. The number of likely N-dealkylation sites (tertiary alicyclic amines) is 1. The van der Waals surface area contributed by atoms with Crippen LogP contribution < -0.4 is 5.32 Å². The van der Waals surface area contributed by atoms with E-state index in [1.807, 2.05) is 32.3 Å². The highest BCUT2D eigenvalue weighted by molar-refractivity contribution is 5.89. The third kappa shape index (κ3) is 3.38. The van der Waals surface area contributed by atoms with E-state index in [-0.39, 0.29) is 23.7 Å². The van der Waals surface area contributed by atoms with Crippen LogP contribution in [0.15, 0.2) is 30.7 Å². The summed E-state index contributed by atoms with van der Waals surface area (Å²) in [6.45, 7) is 3.85. The smallest absolute Gasteiger partial charge is 0.323 e. The molecule has 28 heavy (non-hydrogen) atoms. The average molecular weight is 385 g/mol. The molecule has 8 heteroatoms. The number of urea groups is 1. The Morgan fingerprint density at radius 2 is 2.18 bits per heavy atom. The van der Waals surface area contributed by atoms with E-state index in [9.17, 15) is 9.90 Å². The molecule has 1 aliphatic heterocycles. The molecule has 2 N–H and O–H groups in total. The molecule has 2 atom stereocenters. The summed E-state index contributed by atoms with van der Waals surface area (Å²) >= 11 is 0. The van der Waals surface area contributed by atoms with E-state index in [1.165, 1.54) is 0 Å². The highest BCUT2D eigenvalue weighted by Crippen LogP contribution is 2.50. The van der Waals surface area contributed by atoms with Crippen LogP contribution >= 0.6 is 0 Å². The van der Waals surface area contributed by atoms with E-state index >= 15 is 0 Å². The Balaban J connectivity index is 1.38. The second kappa shape index (κ2) is 7.52. The number of hydrogen-bond donors (Lipinski definition) is 2. The van der Waals surface area contributed by atoms with Crippen LogP contribution in [0.5, 0.6) is 0 Å². The van der Waals surface area contributed by atoms with Gasteiger partial charge in [0.05, 0.1) is 18.4 Å². The minimum atomic E-state index is -0.327. The van der Waals surface area contributed by atoms with Crippen LogP contribution in [0.25, 0.3) is 11.1 Å². The van der Waals surface area contributed by atoms with Gasteiger partial charge in [-0.2, -0.15) is 5.10 Å². The number of aliphatic hydroxyl groups is 1. The maximum absolute atomic E-state index is 12.7. The Hall–Kier alpha value is -2.45. The number of rotatable bonds is 4. The van der Waals surface area contributed by atoms with Gasteiger partial charge in [-0.15, -0.1) is 0 Å². The number of anilines is 1. The first kappa shape index (κ1) is 18.9. The Kier molecular flexibility index (Phi) is 5.07. The fourth-order valence-corrected chi connectivity index (χ4v) is 4.38. The number of aromatic nitrogens is 3. The quantitative estimate of drug-likeness (QED) is 0.842. The van der Waals surface area contributed by atoms with Crippen molar-refractivity contribution in [3.63, 3.8) is 0 Å². The van der Waals surface area contributed by atoms with Gasteiger partial charge >= 0.3 is 6.03 Å². The van der Waals surface area contributed by atoms with Crippen molar-refractivity contribution < 1.29 is 14.6 Å². The van der Waals surface area contributed by atoms with Gasteiger partial charge in [-0.3, -0.25) is 10.00 Å². The summed E-state index contributed by atoms with van der Waals surface area (Å²) < 4.78 is 7.53. The molecule has 4 rings (SSSR count). The minimum Gasteiger partial charge on any atom is -0.392 e. The summed E-state index contributed by atoms with van der Waals surface area (Å²) in [4.78, 5) is 18.7. The van der Waals surface area contributed by atoms with Crippen LogP contribution in [0, 0.1) is 5.41 Å². The zero-order valence-electron chi connectivity index (χ0n) is 16.3. The number of amides is 2. The molecule has 3 heterocycles. The molecule has 150 valence electrons. The highest BCUT2D eigenvalue weighted by Gasteiger charge is 2.56. The number of carbonyl (C=O) groups is 1. The zero-order valence-corrected chi connectivity index (χ0v) is 16.3. The van der Waals surface area contributed by atoms with Crippen LogP contribution in [0.4, 0.5) is 10.6 Å². The largest absolute Gasteiger partial charge is 0.392 e. The standard InChI is InChI=1S/C20H27N5O3/c1-3-28-17-11-16(26)20(17)5-8-25(9-6-20)19(27)23-18-10-14(4-7-21-18)15-12-22-24(2)13-15/h4,7,10,12-13,16-17,26H,3,5-6,8-9,11H2,1-2H3,(H,21,23,27). The molecule has 2 amide bonds. The molecule has 2 aromatic rings. The Labute approximate surface area is 164 Å². The number of carbonyl (C=O) groups excluding carboxylic acids is 1. The second-order valence-electron chi connectivity index (χ2n) is 7.68. The van der Waals surface area contributed by atoms with E-state index < -0.39 is 0 Å². The Bertz CT molecular complexity index is 842. The topological polar surface area (TPSA) is 92.5 Å². The van der Waals surface area contributed by atoms with E-state index in [4.69, 9.17) is 4.74 Å². The highest BCUT2D eigenvalue weighted by atomic mass is 16.5. The maximum Gasteiger partial charge on any atom is 0.323 e. The number of nitrogens with zero attached hydrogens (tertiary/aromatic N) is 4. The second-order valence-corrected chi connectivity index (χ2v) is 7.68. The molecule has 0 aromatic carbocycles. The lowest BCUT2D eigenvalue weighted by molar-refractivity contribution is -0.207. The predicted molar refractivity (Wildman–Crippen MR) is 105 cm³/mol. The summed E-state index contributed by atoms with van der Waals surface area (Å²) in [7, 11) is 1.87. The van der Waals surface area contributed by atoms with Crippen molar-refractivity contribution in [3.8, 4) is 11.1 Å². The number of piperidine rings is 1. The van der Waals surface area contributed by atoms with Gasteiger partial charge in [-0.25, -0.2) is 9.78 Å². The van der Waals surface area contributed by atoms with Gasteiger partial charge in [0.15, 0.2) is 0 Å². The summed E-state index contributed by atoms with van der Waals surface area (Å²) in [5, 5.41) is 17.4. The van der Waals surface area contributed by atoms with E-state index in [0.717, 1.165) is 24.0 Å². The van der Waals surface area contributed by atoms with Crippen LogP contribution in [-0.2, 0) is 11.8 Å². The van der Waals surface area contributed by atoms with E-state index in [2.05, 4.69) is 15.4 Å². The number of pyridine rings is 1. The number of aryl methyl sites for hydroxylation is 1. The van der Waals surface area contributed by atoms with Crippen LogP contribution in [0.3, 0.4) is 0 Å². The van der Waals surface area contributed by atoms with Gasteiger partial charge in [0, 0.05) is 56.5 Å². The van der Waals surface area contributed by atoms with Crippen molar-refractivity contribution in [1.29, 1.82) is 0 Å². The zero-order chi connectivity index (χ0) is 19.7. The van der Waals surface area contributed by atoms with E-state index in [1.54, 1.807) is 22.0 Å². The summed E-state index contributed by atoms with van der Waals surface area (Å²) in [6.07, 6.45) is 7.38. The van der Waals surface area contributed by atoms with Gasteiger partial charge in [0.2, 0.25) is 0 Å². The first-order valence-corrected chi connectivity index (χ1v) is 9.82. The predicted octanol–water partition coefficient (Wildman–Crippen LogP) is 2.27. The monoisotopic (exact) mass is 385 g/mol. The van der Waals surface area contributed by atoms with Gasteiger partial charge in [-0.05, 0) is 37.5 Å². The lowest BCUT2D eigenvalue weighted by atomic mass is 9.58. The third-order valence-electron chi connectivity index (χ3n) is 6.12. The number of hydrogen-bond acceptors (Lipinski definition) is 5. The normalized spacial score (nSPS) is 23.5. The van der Waals surface area contributed by atoms with Gasteiger partial charge in [-0.1, -0.05) is 0 Å². The molecule has 2 fully saturated rings. The third-order valence-corrected chi connectivity index (χ3v) is 6.12. The average Bonchev–Trinajstić information content (AvgIpc) is 3.14. The van der Waals surface area contributed by atoms with Crippen molar-refractivity contribution in [2.75, 3.05) is 25.0 Å². The molecule has 2 aromatic heterocycles. The first-order valence-electron chi connectivity index (χ1n) is 9.82. The SMILES string of the molecule is CCOC1CC(O)C12CCN(C(=O)Nc1cc(-c3cnn(C)c3)ccn1)CC2. The van der Waals surface area contributed by atoms with Crippen LogP contribution in [-0.4, -0.2) is 62.7 Å². The maximum atomic E-state index is 12.7.